The number of aliphatic hydroxyl groups is 1. The van der Waals surface area contributed by atoms with E-state index in [-0.39, 0.29) is 0 Å². The van der Waals surface area contributed by atoms with Gasteiger partial charge in [0.15, 0.2) is 0 Å². The normalized spacial score (nSPS) is 12.7. The van der Waals surface area contributed by atoms with Gasteiger partial charge < -0.3 is 10.1 Å². The quantitative estimate of drug-likeness (QED) is 0.786. The number of aryl methyl sites for hydroxylation is 1. The predicted octanol–water partition coefficient (Wildman–Crippen LogP) is 2.60. The van der Waals surface area contributed by atoms with Crippen molar-refractivity contribution in [2.24, 2.45) is 0 Å². The van der Waals surface area contributed by atoms with Gasteiger partial charge in [0.2, 0.25) is 0 Å². The summed E-state index contributed by atoms with van der Waals surface area (Å²) in [4.78, 5) is 2.95. The predicted molar refractivity (Wildman–Crippen MR) is 60.6 cm³/mol. The van der Waals surface area contributed by atoms with Gasteiger partial charge in [0.1, 0.15) is 0 Å². The van der Waals surface area contributed by atoms with Crippen LogP contribution in [0.4, 0.5) is 0 Å². The second-order valence-electron chi connectivity index (χ2n) is 3.85. The highest BCUT2D eigenvalue weighted by Crippen LogP contribution is 2.17. The molecular formula is C13H15NO. The van der Waals surface area contributed by atoms with Crippen LogP contribution in [0.5, 0.6) is 0 Å². The Morgan fingerprint density at radius 3 is 2.87 bits per heavy atom. The van der Waals surface area contributed by atoms with Gasteiger partial charge in [0.25, 0.3) is 0 Å². The van der Waals surface area contributed by atoms with E-state index in [2.05, 4.69) is 24.0 Å². The molecule has 0 radical (unpaired) electrons. The second kappa shape index (κ2) is 4.32. The average molecular weight is 201 g/mol. The highest BCUT2D eigenvalue weighted by Gasteiger charge is 2.08. The molecule has 0 aliphatic carbocycles. The number of benzene rings is 1. The largest absolute Gasteiger partial charge is 0.388 e. The van der Waals surface area contributed by atoms with Gasteiger partial charge in [-0.3, -0.25) is 0 Å². The molecule has 2 rings (SSSR count). The van der Waals surface area contributed by atoms with Gasteiger partial charge in [-0.25, -0.2) is 0 Å². The molecule has 0 amide bonds. The Bertz CT molecular complexity index is 420. The first kappa shape index (κ1) is 9.99. The Kier molecular flexibility index (Phi) is 2.88. The minimum absolute atomic E-state index is 0.418. The molecule has 2 nitrogen and oxygen atoms in total. The number of rotatable bonds is 3. The van der Waals surface area contributed by atoms with Crippen LogP contribution in [0.1, 0.15) is 22.8 Å². The number of aliphatic hydroxyl groups excluding tert-OH is 1. The SMILES string of the molecule is Cc1cccc(CC(O)c2cc[nH]c2)c1. The topological polar surface area (TPSA) is 36.0 Å². The van der Waals surface area contributed by atoms with Crippen molar-refractivity contribution in [1.29, 1.82) is 0 Å². The minimum atomic E-state index is -0.418. The summed E-state index contributed by atoms with van der Waals surface area (Å²) in [6.07, 6.45) is 3.91. The van der Waals surface area contributed by atoms with E-state index in [9.17, 15) is 5.11 Å². The van der Waals surface area contributed by atoms with E-state index in [4.69, 9.17) is 0 Å². The summed E-state index contributed by atoms with van der Waals surface area (Å²) in [5, 5.41) is 9.93. The molecule has 0 saturated heterocycles. The lowest BCUT2D eigenvalue weighted by molar-refractivity contribution is 0.178. The molecule has 1 aromatic heterocycles. The van der Waals surface area contributed by atoms with Gasteiger partial charge in [0.05, 0.1) is 6.10 Å². The van der Waals surface area contributed by atoms with Crippen LogP contribution >= 0.6 is 0 Å². The first-order valence-electron chi connectivity index (χ1n) is 5.12. The molecule has 1 atom stereocenters. The van der Waals surface area contributed by atoms with Crippen molar-refractivity contribution in [3.8, 4) is 0 Å². The van der Waals surface area contributed by atoms with Gasteiger partial charge in [-0.15, -0.1) is 0 Å². The molecule has 1 unspecified atom stereocenters. The third-order valence-electron chi connectivity index (χ3n) is 2.52. The average Bonchev–Trinajstić information content (AvgIpc) is 2.70. The lowest BCUT2D eigenvalue weighted by atomic mass is 10.0. The molecule has 15 heavy (non-hydrogen) atoms. The van der Waals surface area contributed by atoms with E-state index < -0.39 is 6.10 Å². The smallest absolute Gasteiger partial charge is 0.0844 e. The zero-order valence-electron chi connectivity index (χ0n) is 8.77. The van der Waals surface area contributed by atoms with Crippen LogP contribution in [0.15, 0.2) is 42.7 Å². The standard InChI is InChI=1S/C13H15NO/c1-10-3-2-4-11(7-10)8-13(15)12-5-6-14-9-12/h2-7,9,13-15H,8H2,1H3. The van der Waals surface area contributed by atoms with Crippen LogP contribution in [-0.2, 0) is 6.42 Å². The van der Waals surface area contributed by atoms with E-state index in [1.54, 1.807) is 0 Å². The lowest BCUT2D eigenvalue weighted by Crippen LogP contribution is -2.00. The molecule has 1 aromatic carbocycles. The maximum absolute atomic E-state index is 9.93. The van der Waals surface area contributed by atoms with E-state index in [1.807, 2.05) is 30.6 Å². The van der Waals surface area contributed by atoms with Gasteiger partial charge in [-0.1, -0.05) is 29.8 Å². The van der Waals surface area contributed by atoms with Gasteiger partial charge in [0, 0.05) is 18.8 Å². The number of hydrogen-bond donors (Lipinski definition) is 2. The molecule has 78 valence electrons. The number of hydrogen-bond acceptors (Lipinski definition) is 1. The molecule has 1 heterocycles. The molecule has 2 N–H and O–H groups in total. The molecule has 0 saturated carbocycles. The van der Waals surface area contributed by atoms with Crippen molar-refractivity contribution in [3.05, 3.63) is 59.4 Å². The summed E-state index contributed by atoms with van der Waals surface area (Å²) in [6.45, 7) is 2.06. The summed E-state index contributed by atoms with van der Waals surface area (Å²) in [5.41, 5.74) is 3.34. The molecule has 0 spiro atoms. The van der Waals surface area contributed by atoms with Crippen LogP contribution in [0, 0.1) is 6.92 Å². The molecule has 2 aromatic rings. The summed E-state index contributed by atoms with van der Waals surface area (Å²) in [5.74, 6) is 0. The third kappa shape index (κ3) is 2.48. The number of aromatic amines is 1. The van der Waals surface area contributed by atoms with Crippen LogP contribution in [0.2, 0.25) is 0 Å². The highest BCUT2D eigenvalue weighted by atomic mass is 16.3. The maximum atomic E-state index is 9.93. The van der Waals surface area contributed by atoms with Crippen LogP contribution in [0.3, 0.4) is 0 Å². The number of aromatic nitrogens is 1. The monoisotopic (exact) mass is 201 g/mol. The Morgan fingerprint density at radius 2 is 2.20 bits per heavy atom. The lowest BCUT2D eigenvalue weighted by Gasteiger charge is -2.09. The number of nitrogens with one attached hydrogen (secondary N) is 1. The Balaban J connectivity index is 2.09. The van der Waals surface area contributed by atoms with Crippen LogP contribution in [0.25, 0.3) is 0 Å². The third-order valence-corrected chi connectivity index (χ3v) is 2.52. The fourth-order valence-electron chi connectivity index (χ4n) is 1.72. The zero-order valence-corrected chi connectivity index (χ0v) is 8.77. The Morgan fingerprint density at radius 1 is 1.33 bits per heavy atom. The molecule has 0 aliphatic rings. The van der Waals surface area contributed by atoms with Gasteiger partial charge in [-0.2, -0.15) is 0 Å². The van der Waals surface area contributed by atoms with Crippen molar-refractivity contribution in [2.45, 2.75) is 19.4 Å². The van der Waals surface area contributed by atoms with Crippen LogP contribution < -0.4 is 0 Å². The Hall–Kier alpha value is -1.54. The summed E-state index contributed by atoms with van der Waals surface area (Å²) in [7, 11) is 0. The molecule has 0 aliphatic heterocycles. The maximum Gasteiger partial charge on any atom is 0.0844 e. The van der Waals surface area contributed by atoms with Crippen molar-refractivity contribution in [2.75, 3.05) is 0 Å². The van der Waals surface area contributed by atoms with Crippen molar-refractivity contribution in [3.63, 3.8) is 0 Å². The first-order valence-corrected chi connectivity index (χ1v) is 5.12. The number of H-pyrrole nitrogens is 1. The van der Waals surface area contributed by atoms with E-state index >= 15 is 0 Å². The fourth-order valence-corrected chi connectivity index (χ4v) is 1.72. The van der Waals surface area contributed by atoms with Crippen molar-refractivity contribution < 1.29 is 5.11 Å². The van der Waals surface area contributed by atoms with E-state index in [1.165, 1.54) is 11.1 Å². The first-order chi connectivity index (χ1) is 7.25. The minimum Gasteiger partial charge on any atom is -0.388 e. The molecular weight excluding hydrogens is 186 g/mol. The van der Waals surface area contributed by atoms with E-state index in [0.29, 0.717) is 6.42 Å². The van der Waals surface area contributed by atoms with Crippen molar-refractivity contribution >= 4 is 0 Å². The summed E-state index contributed by atoms with van der Waals surface area (Å²) in [6, 6.07) is 10.1. The summed E-state index contributed by atoms with van der Waals surface area (Å²) >= 11 is 0. The molecule has 2 heteroatoms. The second-order valence-corrected chi connectivity index (χ2v) is 3.85. The fraction of sp³-hybridized carbons (Fsp3) is 0.231. The molecule has 0 fully saturated rings. The van der Waals surface area contributed by atoms with Crippen molar-refractivity contribution in [1.82, 2.24) is 4.98 Å². The summed E-state index contributed by atoms with van der Waals surface area (Å²) < 4.78 is 0. The van der Waals surface area contributed by atoms with Gasteiger partial charge in [-0.05, 0) is 24.1 Å². The Labute approximate surface area is 89.6 Å². The molecule has 0 bridgehead atoms. The van der Waals surface area contributed by atoms with E-state index in [0.717, 1.165) is 5.56 Å². The van der Waals surface area contributed by atoms with Crippen LogP contribution in [-0.4, -0.2) is 10.1 Å². The van der Waals surface area contributed by atoms with Gasteiger partial charge >= 0.3 is 0 Å². The highest BCUT2D eigenvalue weighted by molar-refractivity contribution is 5.24. The zero-order chi connectivity index (χ0) is 10.7.